The van der Waals surface area contributed by atoms with Gasteiger partial charge >= 0.3 is 0 Å². The van der Waals surface area contributed by atoms with Crippen LogP contribution in [-0.4, -0.2) is 10.6 Å². The zero-order valence-corrected chi connectivity index (χ0v) is 14.2. The summed E-state index contributed by atoms with van der Waals surface area (Å²) in [5.74, 6) is 5.38. The molecule has 0 fully saturated rings. The maximum absolute atomic E-state index is 11.5. The molecule has 0 amide bonds. The molecule has 4 rings (SSSR count). The summed E-state index contributed by atoms with van der Waals surface area (Å²) in [4.78, 5) is 16.7. The van der Waals surface area contributed by atoms with Crippen LogP contribution in [0.5, 0.6) is 0 Å². The molecule has 1 aliphatic rings. The van der Waals surface area contributed by atoms with Crippen molar-refractivity contribution in [3.05, 3.63) is 100 Å². The summed E-state index contributed by atoms with van der Waals surface area (Å²) >= 11 is 0. The summed E-state index contributed by atoms with van der Waals surface area (Å²) in [5.41, 5.74) is 5.43. The van der Waals surface area contributed by atoms with Gasteiger partial charge in [0, 0.05) is 24.2 Å². The van der Waals surface area contributed by atoms with Crippen molar-refractivity contribution in [2.45, 2.75) is 12.6 Å². The Morgan fingerprint density at radius 2 is 1.65 bits per heavy atom. The number of nitroso groups, excluding NO2 is 1. The van der Waals surface area contributed by atoms with E-state index in [0.29, 0.717) is 17.1 Å². The van der Waals surface area contributed by atoms with E-state index in [1.165, 1.54) is 5.56 Å². The Balaban J connectivity index is 1.70. The smallest absolute Gasteiger partial charge is 0.292 e. The van der Waals surface area contributed by atoms with Crippen molar-refractivity contribution < 1.29 is 4.87 Å². The molecule has 3 N–H and O–H groups in total. The van der Waals surface area contributed by atoms with E-state index in [4.69, 9.17) is 10.8 Å². The lowest BCUT2D eigenvalue weighted by atomic mass is 9.98. The Kier molecular flexibility index (Phi) is 4.29. The summed E-state index contributed by atoms with van der Waals surface area (Å²) in [5, 5.41) is 3.58. The molecule has 0 aromatic heterocycles. The molecule has 3 aromatic carbocycles. The number of aliphatic imine (C=N–C) groups is 1. The van der Waals surface area contributed by atoms with Gasteiger partial charge in [0.15, 0.2) is 4.87 Å². The maximum atomic E-state index is 11.5. The first-order valence-corrected chi connectivity index (χ1v) is 8.49. The van der Waals surface area contributed by atoms with Crippen LogP contribution in [0.25, 0.3) is 0 Å². The summed E-state index contributed by atoms with van der Waals surface area (Å²) in [7, 11) is 0. The van der Waals surface area contributed by atoms with Crippen LogP contribution in [0, 0.1) is 4.91 Å². The van der Waals surface area contributed by atoms with Gasteiger partial charge in [-0.1, -0.05) is 60.7 Å². The fourth-order valence-electron chi connectivity index (χ4n) is 3.22. The fourth-order valence-corrected chi connectivity index (χ4v) is 3.22. The van der Waals surface area contributed by atoms with Crippen molar-refractivity contribution in [1.29, 1.82) is 0 Å². The molecule has 0 spiro atoms. The third-order valence-corrected chi connectivity index (χ3v) is 4.51. The zero-order valence-electron chi connectivity index (χ0n) is 14.2. The zero-order chi connectivity index (χ0) is 17.9. The van der Waals surface area contributed by atoms with Crippen molar-refractivity contribution in [1.82, 2.24) is 5.32 Å². The number of hydrazine groups is 1. The molecular weight excluding hydrogens is 324 g/mol. The standard InChI is InChI=1S/C21H19N4O/c22-25(26)17-11-12-19-18(13-17)21(23-14-15-7-3-1-4-8-15)20(24-19)16-9-5-2-6-10-16/h1-13,21,23H,14H2,(H2,22,26)/q+1. The molecular formula is C21H19N4O+. The van der Waals surface area contributed by atoms with Gasteiger partial charge in [0.2, 0.25) is 0 Å². The fraction of sp³-hybridized carbons (Fsp3) is 0.0952. The van der Waals surface area contributed by atoms with Crippen LogP contribution >= 0.6 is 0 Å². The van der Waals surface area contributed by atoms with Gasteiger partial charge in [-0.2, -0.15) is 5.84 Å². The maximum Gasteiger partial charge on any atom is 0.292 e. The molecule has 1 aliphatic heterocycles. The van der Waals surface area contributed by atoms with Crippen molar-refractivity contribution >= 4 is 17.1 Å². The minimum atomic E-state index is -0.104. The Morgan fingerprint density at radius 3 is 2.35 bits per heavy atom. The first-order valence-electron chi connectivity index (χ1n) is 8.49. The third-order valence-electron chi connectivity index (χ3n) is 4.51. The van der Waals surface area contributed by atoms with Gasteiger partial charge in [-0.15, -0.1) is 0 Å². The molecule has 0 radical (unpaired) electrons. The van der Waals surface area contributed by atoms with Gasteiger partial charge in [0.25, 0.3) is 5.69 Å². The van der Waals surface area contributed by atoms with Crippen LogP contribution in [0.4, 0.5) is 11.4 Å². The molecule has 1 atom stereocenters. The minimum Gasteiger partial charge on any atom is -0.301 e. The topological polar surface area (TPSA) is 70.5 Å². The third kappa shape index (κ3) is 3.12. The first kappa shape index (κ1) is 16.2. The minimum absolute atomic E-state index is 0.104. The highest BCUT2D eigenvalue weighted by Gasteiger charge is 2.30. The number of rotatable bonds is 5. The van der Waals surface area contributed by atoms with Gasteiger partial charge in [-0.05, 0) is 17.2 Å². The van der Waals surface area contributed by atoms with Gasteiger partial charge in [0.05, 0.1) is 22.3 Å². The van der Waals surface area contributed by atoms with Gasteiger partial charge in [-0.3, -0.25) is 4.99 Å². The second kappa shape index (κ2) is 6.90. The van der Waals surface area contributed by atoms with Crippen molar-refractivity contribution in [2.24, 2.45) is 10.8 Å². The number of benzene rings is 3. The van der Waals surface area contributed by atoms with Crippen LogP contribution in [0.2, 0.25) is 0 Å². The largest absolute Gasteiger partial charge is 0.301 e. The molecule has 5 heteroatoms. The van der Waals surface area contributed by atoms with E-state index in [2.05, 4.69) is 17.4 Å². The molecule has 128 valence electrons. The highest BCUT2D eigenvalue weighted by Crippen LogP contribution is 2.38. The lowest BCUT2D eigenvalue weighted by Gasteiger charge is -2.17. The van der Waals surface area contributed by atoms with E-state index in [1.807, 2.05) is 60.7 Å². The SMILES string of the molecule is N[N+](=O)c1ccc2c(c1)C(NCc1ccccc1)C(c1ccccc1)=N2. The molecule has 0 aliphatic carbocycles. The van der Waals surface area contributed by atoms with E-state index >= 15 is 0 Å². The van der Waals surface area contributed by atoms with Crippen LogP contribution in [0.15, 0.2) is 83.9 Å². The Labute approximate surface area is 151 Å². The predicted octanol–water partition coefficient (Wildman–Crippen LogP) is 3.94. The van der Waals surface area contributed by atoms with Gasteiger partial charge in [0.1, 0.15) is 0 Å². The Bertz CT molecular complexity index is 968. The second-order valence-corrected chi connectivity index (χ2v) is 6.23. The van der Waals surface area contributed by atoms with E-state index in [-0.39, 0.29) is 6.04 Å². The molecule has 1 heterocycles. The number of hydrogen-bond acceptors (Lipinski definition) is 3. The van der Waals surface area contributed by atoms with E-state index in [1.54, 1.807) is 6.07 Å². The van der Waals surface area contributed by atoms with Crippen LogP contribution < -0.4 is 11.2 Å². The number of nitrogens with zero attached hydrogens (tertiary/aromatic N) is 2. The quantitative estimate of drug-likeness (QED) is 0.419. The van der Waals surface area contributed by atoms with Crippen LogP contribution in [0.1, 0.15) is 22.7 Å². The van der Waals surface area contributed by atoms with E-state index < -0.39 is 0 Å². The van der Waals surface area contributed by atoms with Crippen LogP contribution in [-0.2, 0) is 6.54 Å². The highest BCUT2D eigenvalue weighted by atomic mass is 16.3. The van der Waals surface area contributed by atoms with Gasteiger partial charge in [-0.25, -0.2) is 0 Å². The van der Waals surface area contributed by atoms with Crippen molar-refractivity contribution in [2.75, 3.05) is 0 Å². The molecule has 0 bridgehead atoms. The Hall–Kier alpha value is -3.31. The molecule has 5 nitrogen and oxygen atoms in total. The first-order chi connectivity index (χ1) is 12.7. The van der Waals surface area contributed by atoms with Crippen molar-refractivity contribution in [3.63, 3.8) is 0 Å². The van der Waals surface area contributed by atoms with Crippen molar-refractivity contribution in [3.8, 4) is 0 Å². The normalized spacial score (nSPS) is 15.4. The molecule has 0 saturated heterocycles. The summed E-state index contributed by atoms with van der Waals surface area (Å²) in [6.45, 7) is 0.699. The van der Waals surface area contributed by atoms with E-state index in [0.717, 1.165) is 22.5 Å². The highest BCUT2D eigenvalue weighted by molar-refractivity contribution is 6.09. The molecule has 26 heavy (non-hydrogen) atoms. The van der Waals surface area contributed by atoms with E-state index in [9.17, 15) is 4.91 Å². The number of fused-ring (bicyclic) bond motifs is 1. The molecule has 0 saturated carbocycles. The lowest BCUT2D eigenvalue weighted by molar-refractivity contribution is -0.474. The average molecular weight is 343 g/mol. The molecule has 1 unspecified atom stereocenters. The average Bonchev–Trinajstić information content (AvgIpc) is 3.05. The lowest BCUT2D eigenvalue weighted by Crippen LogP contribution is -2.26. The predicted molar refractivity (Wildman–Crippen MR) is 103 cm³/mol. The monoisotopic (exact) mass is 343 g/mol. The molecule has 3 aromatic rings. The van der Waals surface area contributed by atoms with Gasteiger partial charge < -0.3 is 5.32 Å². The number of nitrogens with two attached hydrogens (primary N) is 1. The second-order valence-electron chi connectivity index (χ2n) is 6.23. The summed E-state index contributed by atoms with van der Waals surface area (Å²) < 4.78 is 0. The number of nitrogens with one attached hydrogen (secondary N) is 1. The number of hydrogen-bond donors (Lipinski definition) is 2. The summed E-state index contributed by atoms with van der Waals surface area (Å²) in [6.07, 6.45) is 0. The van der Waals surface area contributed by atoms with Crippen LogP contribution in [0.3, 0.4) is 0 Å². The Morgan fingerprint density at radius 1 is 0.962 bits per heavy atom. The summed E-state index contributed by atoms with van der Waals surface area (Å²) in [6, 6.07) is 25.5.